The minimum absolute atomic E-state index is 0.563. The summed E-state index contributed by atoms with van der Waals surface area (Å²) in [4.78, 5) is 10.6. The van der Waals surface area contributed by atoms with Gasteiger partial charge in [0.25, 0.3) is 0 Å². The Balaban J connectivity index is 2.30. The molecule has 0 aliphatic carbocycles. The molecule has 0 unspecified atom stereocenters. The van der Waals surface area contributed by atoms with Crippen LogP contribution >= 0.6 is 27.5 Å². The molecule has 0 saturated carbocycles. The highest BCUT2D eigenvalue weighted by Crippen LogP contribution is 2.29. The van der Waals surface area contributed by atoms with Crippen molar-refractivity contribution < 1.29 is 14.6 Å². The van der Waals surface area contributed by atoms with Crippen LogP contribution in [-0.2, 0) is 4.79 Å². The molecule has 0 spiro atoms. The number of carboxylic acids is 1. The Bertz CT molecular complexity index is 651. The minimum Gasteiger partial charge on any atom is -0.478 e. The van der Waals surface area contributed by atoms with Crippen LogP contribution in [0.15, 0.2) is 53.0 Å². The van der Waals surface area contributed by atoms with E-state index in [1.165, 1.54) is 6.08 Å². The normalized spacial score (nSPS) is 10.7. The number of halogens is 2. The lowest BCUT2D eigenvalue weighted by Gasteiger charge is -2.09. The summed E-state index contributed by atoms with van der Waals surface area (Å²) in [5.41, 5.74) is 0.664. The molecule has 1 N–H and O–H groups in total. The minimum atomic E-state index is -1.01. The molecule has 102 valence electrons. The van der Waals surface area contributed by atoms with Gasteiger partial charge in [0.2, 0.25) is 0 Å². The van der Waals surface area contributed by atoms with Crippen LogP contribution in [0.3, 0.4) is 0 Å². The average Bonchev–Trinajstić information content (AvgIpc) is 2.41. The van der Waals surface area contributed by atoms with Gasteiger partial charge in [0.1, 0.15) is 11.5 Å². The highest BCUT2D eigenvalue weighted by molar-refractivity contribution is 9.10. The zero-order chi connectivity index (χ0) is 14.5. The Hall–Kier alpha value is -1.78. The van der Waals surface area contributed by atoms with Gasteiger partial charge in [0.05, 0.1) is 0 Å². The topological polar surface area (TPSA) is 46.5 Å². The predicted molar refractivity (Wildman–Crippen MR) is 82.3 cm³/mol. The molecule has 0 aromatic heterocycles. The van der Waals surface area contributed by atoms with Crippen LogP contribution in [0, 0.1) is 0 Å². The molecule has 2 rings (SSSR count). The second-order valence-electron chi connectivity index (χ2n) is 3.91. The average molecular weight is 354 g/mol. The highest BCUT2D eigenvalue weighted by Gasteiger charge is 2.04. The van der Waals surface area contributed by atoms with E-state index in [2.05, 4.69) is 15.9 Å². The summed E-state index contributed by atoms with van der Waals surface area (Å²) >= 11 is 9.16. The molecule has 20 heavy (non-hydrogen) atoms. The summed E-state index contributed by atoms with van der Waals surface area (Å²) in [7, 11) is 0. The molecule has 0 bridgehead atoms. The van der Waals surface area contributed by atoms with E-state index in [-0.39, 0.29) is 0 Å². The quantitative estimate of drug-likeness (QED) is 0.787. The lowest BCUT2D eigenvalue weighted by atomic mass is 10.2. The van der Waals surface area contributed by atoms with Crippen molar-refractivity contribution in [3.05, 3.63) is 63.6 Å². The number of carboxylic acid groups (broad SMARTS) is 1. The third kappa shape index (κ3) is 4.11. The van der Waals surface area contributed by atoms with Crippen molar-refractivity contribution in [2.45, 2.75) is 0 Å². The van der Waals surface area contributed by atoms with Crippen molar-refractivity contribution in [2.75, 3.05) is 0 Å². The number of hydrogen-bond donors (Lipinski definition) is 1. The number of ether oxygens (including phenoxy) is 1. The van der Waals surface area contributed by atoms with Gasteiger partial charge >= 0.3 is 5.97 Å². The van der Waals surface area contributed by atoms with Gasteiger partial charge in [-0.15, -0.1) is 0 Å². The fourth-order valence-corrected chi connectivity index (χ4v) is 2.04. The molecule has 0 atom stereocenters. The first-order chi connectivity index (χ1) is 9.54. The maximum absolute atomic E-state index is 10.6. The standard InChI is InChI=1S/C15H10BrClO3/c16-11-2-7-14(10(9-11)1-8-15(18)19)20-13-5-3-12(17)4-6-13/h1-9H,(H,18,19)/b8-1+. The van der Waals surface area contributed by atoms with Gasteiger partial charge < -0.3 is 9.84 Å². The maximum Gasteiger partial charge on any atom is 0.328 e. The molecule has 0 heterocycles. The van der Waals surface area contributed by atoms with E-state index in [0.29, 0.717) is 22.1 Å². The molecule has 0 fully saturated rings. The predicted octanol–water partition coefficient (Wildman–Crippen LogP) is 4.99. The zero-order valence-electron chi connectivity index (χ0n) is 10.2. The van der Waals surface area contributed by atoms with E-state index in [1.807, 2.05) is 6.07 Å². The number of hydrogen-bond acceptors (Lipinski definition) is 2. The van der Waals surface area contributed by atoms with Crippen LogP contribution < -0.4 is 4.74 Å². The van der Waals surface area contributed by atoms with E-state index in [0.717, 1.165) is 10.5 Å². The van der Waals surface area contributed by atoms with Gasteiger partial charge in [0, 0.05) is 21.1 Å². The number of rotatable bonds is 4. The van der Waals surface area contributed by atoms with E-state index in [4.69, 9.17) is 21.4 Å². The van der Waals surface area contributed by atoms with E-state index >= 15 is 0 Å². The molecule has 2 aromatic rings. The van der Waals surface area contributed by atoms with Crippen LogP contribution in [-0.4, -0.2) is 11.1 Å². The summed E-state index contributed by atoms with van der Waals surface area (Å²) in [6.45, 7) is 0. The van der Waals surface area contributed by atoms with Crippen LogP contribution in [0.25, 0.3) is 6.08 Å². The van der Waals surface area contributed by atoms with Crippen LogP contribution in [0.1, 0.15) is 5.56 Å². The van der Waals surface area contributed by atoms with Crippen molar-refractivity contribution in [1.82, 2.24) is 0 Å². The summed E-state index contributed by atoms with van der Waals surface area (Å²) in [6.07, 6.45) is 2.55. The van der Waals surface area contributed by atoms with Crippen LogP contribution in [0.5, 0.6) is 11.5 Å². The molecule has 0 amide bonds. The van der Waals surface area contributed by atoms with Gasteiger partial charge in [-0.2, -0.15) is 0 Å². The lowest BCUT2D eigenvalue weighted by Crippen LogP contribution is -1.90. The van der Waals surface area contributed by atoms with Crippen molar-refractivity contribution in [2.24, 2.45) is 0 Å². The second kappa shape index (κ2) is 6.59. The van der Waals surface area contributed by atoms with Crippen LogP contribution in [0.4, 0.5) is 0 Å². The lowest BCUT2D eigenvalue weighted by molar-refractivity contribution is -0.131. The van der Waals surface area contributed by atoms with Gasteiger partial charge in [0.15, 0.2) is 0 Å². The van der Waals surface area contributed by atoms with E-state index in [1.54, 1.807) is 36.4 Å². The maximum atomic E-state index is 10.6. The van der Waals surface area contributed by atoms with Crippen LogP contribution in [0.2, 0.25) is 5.02 Å². The monoisotopic (exact) mass is 352 g/mol. The largest absolute Gasteiger partial charge is 0.478 e. The molecular formula is C15H10BrClO3. The first-order valence-electron chi connectivity index (χ1n) is 5.68. The zero-order valence-corrected chi connectivity index (χ0v) is 12.6. The molecule has 0 aliphatic rings. The molecule has 2 aromatic carbocycles. The van der Waals surface area contributed by atoms with Crippen molar-refractivity contribution >= 4 is 39.6 Å². The van der Waals surface area contributed by atoms with Gasteiger partial charge in [-0.1, -0.05) is 27.5 Å². The SMILES string of the molecule is O=C(O)/C=C/c1cc(Br)ccc1Oc1ccc(Cl)cc1. The molecule has 5 heteroatoms. The Morgan fingerprint density at radius 2 is 1.90 bits per heavy atom. The Morgan fingerprint density at radius 1 is 1.20 bits per heavy atom. The first-order valence-corrected chi connectivity index (χ1v) is 6.85. The fraction of sp³-hybridized carbons (Fsp3) is 0. The smallest absolute Gasteiger partial charge is 0.328 e. The number of aliphatic carboxylic acids is 1. The second-order valence-corrected chi connectivity index (χ2v) is 5.26. The van der Waals surface area contributed by atoms with Crippen molar-refractivity contribution in [3.63, 3.8) is 0 Å². The summed E-state index contributed by atoms with van der Waals surface area (Å²) in [5, 5.41) is 9.33. The van der Waals surface area contributed by atoms with Gasteiger partial charge in [-0.25, -0.2) is 4.79 Å². The Kier molecular flexibility index (Phi) is 4.82. The molecule has 0 aliphatic heterocycles. The van der Waals surface area contributed by atoms with Gasteiger partial charge in [-0.3, -0.25) is 0 Å². The summed E-state index contributed by atoms with van der Waals surface area (Å²) in [5.74, 6) is 0.178. The van der Waals surface area contributed by atoms with Gasteiger partial charge in [-0.05, 0) is 48.5 Å². The molecular weight excluding hydrogens is 344 g/mol. The Labute approximate surface area is 129 Å². The van der Waals surface area contributed by atoms with Crippen molar-refractivity contribution in [3.8, 4) is 11.5 Å². The number of benzene rings is 2. The third-order valence-corrected chi connectivity index (χ3v) is 3.16. The Morgan fingerprint density at radius 3 is 2.55 bits per heavy atom. The first kappa shape index (κ1) is 14.6. The molecule has 3 nitrogen and oxygen atoms in total. The third-order valence-electron chi connectivity index (χ3n) is 2.42. The fourth-order valence-electron chi connectivity index (χ4n) is 1.53. The highest BCUT2D eigenvalue weighted by atomic mass is 79.9. The summed E-state index contributed by atoms with van der Waals surface area (Å²) < 4.78 is 6.57. The number of carbonyl (C=O) groups is 1. The van der Waals surface area contributed by atoms with Crippen molar-refractivity contribution in [1.29, 1.82) is 0 Å². The van der Waals surface area contributed by atoms with E-state index in [9.17, 15) is 4.79 Å². The summed E-state index contributed by atoms with van der Waals surface area (Å²) in [6, 6.07) is 12.3. The molecule has 0 radical (unpaired) electrons. The van der Waals surface area contributed by atoms with E-state index < -0.39 is 5.97 Å². The molecule has 0 saturated heterocycles.